The van der Waals surface area contributed by atoms with Gasteiger partial charge in [-0.2, -0.15) is 11.8 Å². The van der Waals surface area contributed by atoms with E-state index in [9.17, 15) is 10.2 Å². The van der Waals surface area contributed by atoms with E-state index in [-0.39, 0.29) is 42.1 Å². The number of aliphatic hydroxyl groups is 2. The number of nitrogens with zero attached hydrogens (tertiary/aromatic N) is 1. The summed E-state index contributed by atoms with van der Waals surface area (Å²) in [6.45, 7) is 11.5. The van der Waals surface area contributed by atoms with Crippen LogP contribution in [0.3, 0.4) is 0 Å². The summed E-state index contributed by atoms with van der Waals surface area (Å²) in [6, 6.07) is 22.6. The summed E-state index contributed by atoms with van der Waals surface area (Å²) < 4.78 is 20.7. The summed E-state index contributed by atoms with van der Waals surface area (Å²) in [5, 5.41) is 24.5. The third kappa shape index (κ3) is 8.31. The number of fused-ring (bicyclic) bond motifs is 2. The molecule has 0 unspecified atom stereocenters. The average molecular weight is 726 g/mol. The summed E-state index contributed by atoms with van der Waals surface area (Å²) in [4.78, 5) is 6.14. The molecule has 0 spiro atoms. The predicted molar refractivity (Wildman–Crippen MR) is 210 cm³/mol. The van der Waals surface area contributed by atoms with Gasteiger partial charge in [0.2, 0.25) is 5.79 Å². The Bertz CT molecular complexity index is 1710. The van der Waals surface area contributed by atoms with Crippen molar-refractivity contribution in [2.45, 2.75) is 89.3 Å². The van der Waals surface area contributed by atoms with Gasteiger partial charge in [-0.3, -0.25) is 0 Å². The first-order valence-electron chi connectivity index (χ1n) is 19.0. The summed E-state index contributed by atoms with van der Waals surface area (Å²) in [7, 11) is 0. The molecule has 278 valence electrons. The lowest BCUT2D eigenvalue weighted by molar-refractivity contribution is -0.223. The molecule has 0 saturated heterocycles. The van der Waals surface area contributed by atoms with Crippen molar-refractivity contribution in [3.63, 3.8) is 0 Å². The number of thioether (sulfide) groups is 1. The topological polar surface area (TPSA) is 89.7 Å². The van der Waals surface area contributed by atoms with Gasteiger partial charge < -0.3 is 29.3 Å². The monoisotopic (exact) mass is 725 g/mol. The molecule has 52 heavy (non-hydrogen) atoms. The molecule has 0 amide bonds. The van der Waals surface area contributed by atoms with Gasteiger partial charge in [-0.25, -0.2) is 0 Å². The van der Waals surface area contributed by atoms with E-state index in [4.69, 9.17) is 24.2 Å². The Morgan fingerprint density at radius 1 is 0.942 bits per heavy atom. The van der Waals surface area contributed by atoms with Crippen molar-refractivity contribution in [1.29, 1.82) is 0 Å². The Morgan fingerprint density at radius 2 is 1.69 bits per heavy atom. The van der Waals surface area contributed by atoms with Crippen molar-refractivity contribution in [2.24, 2.45) is 22.9 Å². The van der Waals surface area contributed by atoms with Gasteiger partial charge in [0, 0.05) is 31.1 Å². The van der Waals surface area contributed by atoms with Gasteiger partial charge >= 0.3 is 0 Å². The number of oxime groups is 1. The predicted octanol–water partition coefficient (Wildman–Crippen LogP) is 9.68. The highest BCUT2D eigenvalue weighted by molar-refractivity contribution is 8.00. The first-order valence-corrected chi connectivity index (χ1v) is 20.1. The molecule has 3 aliphatic rings. The van der Waals surface area contributed by atoms with Crippen molar-refractivity contribution < 1.29 is 29.3 Å². The molecule has 2 N–H and O–H groups in total. The first-order chi connectivity index (χ1) is 25.4. The van der Waals surface area contributed by atoms with Gasteiger partial charge in [-0.15, -0.1) is 6.58 Å². The van der Waals surface area contributed by atoms with Crippen LogP contribution in [-0.2, 0) is 16.2 Å². The third-order valence-corrected chi connectivity index (χ3v) is 12.2. The minimum absolute atomic E-state index is 0.0225. The molecule has 6 rings (SSSR count). The van der Waals surface area contributed by atoms with Gasteiger partial charge in [0.25, 0.3) is 0 Å². The number of benzene rings is 3. The molecule has 6 atom stereocenters. The van der Waals surface area contributed by atoms with Crippen LogP contribution in [0.4, 0.5) is 0 Å². The fraction of sp³-hybridized carbons (Fsp3) is 0.477. The molecule has 2 aliphatic carbocycles. The van der Waals surface area contributed by atoms with E-state index in [0.29, 0.717) is 19.6 Å². The molecular formula is C44H55NO6S. The number of allylic oxidation sites excluding steroid dienone is 1. The fourth-order valence-corrected chi connectivity index (χ4v) is 9.59. The highest BCUT2D eigenvalue weighted by atomic mass is 32.2. The van der Waals surface area contributed by atoms with Crippen LogP contribution >= 0.6 is 11.8 Å². The van der Waals surface area contributed by atoms with Crippen LogP contribution in [-0.4, -0.2) is 52.5 Å². The van der Waals surface area contributed by atoms with Crippen molar-refractivity contribution in [3.05, 3.63) is 113 Å². The number of rotatable bonds is 18. The highest BCUT2D eigenvalue weighted by Gasteiger charge is 2.63. The van der Waals surface area contributed by atoms with Crippen LogP contribution < -0.4 is 9.47 Å². The molecule has 0 radical (unpaired) electrons. The molecule has 1 fully saturated rings. The quantitative estimate of drug-likeness (QED) is 0.0767. The number of hydrogen-bond acceptors (Lipinski definition) is 8. The summed E-state index contributed by atoms with van der Waals surface area (Å²) in [5.74, 6) is 2.64. The molecule has 0 aromatic heterocycles. The standard InChI is InChI=1S/C44H55NO6S/c1-5-24-48-44-41(52-6-2)28-39(45-49-29-32-14-8-7-9-15-32)37-26-33(16-10-12-22-46)36(17-11-13-23-47)42(43(37)44)38-27-35(20-21-40(38)51-44)50-34-19-18-30(3)31(4)25-34/h5,7-9,14-15,18-21,25-27,33,36,41-43,46-47H,1,6,10-13,16-17,22-24,28-29H2,2-4H3/t33-,36+,41-,42+,43+,44+/m0/s1. The molecule has 8 heteroatoms. The minimum atomic E-state index is -0.960. The van der Waals surface area contributed by atoms with E-state index in [0.717, 1.165) is 83.9 Å². The van der Waals surface area contributed by atoms with E-state index in [1.807, 2.05) is 48.2 Å². The van der Waals surface area contributed by atoms with Crippen molar-refractivity contribution in [1.82, 2.24) is 0 Å². The molecular weight excluding hydrogens is 671 g/mol. The zero-order valence-corrected chi connectivity index (χ0v) is 31.8. The minimum Gasteiger partial charge on any atom is -0.460 e. The average Bonchev–Trinajstić information content (AvgIpc) is 3.15. The van der Waals surface area contributed by atoms with Gasteiger partial charge in [0.15, 0.2) is 0 Å². The maximum Gasteiger partial charge on any atom is 0.230 e. The van der Waals surface area contributed by atoms with Crippen LogP contribution in [0.1, 0.15) is 80.0 Å². The zero-order valence-electron chi connectivity index (χ0n) is 31.0. The van der Waals surface area contributed by atoms with Crippen molar-refractivity contribution in [3.8, 4) is 17.2 Å². The number of hydrogen-bond donors (Lipinski definition) is 2. The van der Waals surface area contributed by atoms with Crippen LogP contribution in [0.2, 0.25) is 0 Å². The van der Waals surface area contributed by atoms with Gasteiger partial charge in [-0.05, 0) is 110 Å². The summed E-state index contributed by atoms with van der Waals surface area (Å²) in [5.41, 5.74) is 6.67. The number of unbranched alkanes of at least 4 members (excludes halogenated alkanes) is 2. The highest BCUT2D eigenvalue weighted by Crippen LogP contribution is 2.62. The lowest BCUT2D eigenvalue weighted by atomic mass is 9.56. The number of aliphatic hydroxyl groups excluding tert-OH is 2. The normalized spacial score (nSPS) is 25.4. The Labute approximate surface area is 314 Å². The first kappa shape index (κ1) is 38.2. The number of aryl methyl sites for hydroxylation is 2. The van der Waals surface area contributed by atoms with Crippen molar-refractivity contribution in [2.75, 3.05) is 25.6 Å². The van der Waals surface area contributed by atoms with Crippen LogP contribution in [0, 0.1) is 31.6 Å². The van der Waals surface area contributed by atoms with Gasteiger partial charge in [-0.1, -0.05) is 73.5 Å². The molecule has 1 saturated carbocycles. The van der Waals surface area contributed by atoms with Gasteiger partial charge in [0.1, 0.15) is 23.9 Å². The molecule has 3 aromatic carbocycles. The molecule has 3 aromatic rings. The largest absolute Gasteiger partial charge is 0.460 e. The lowest BCUT2D eigenvalue weighted by Gasteiger charge is -2.58. The molecule has 7 nitrogen and oxygen atoms in total. The summed E-state index contributed by atoms with van der Waals surface area (Å²) >= 11 is 1.85. The van der Waals surface area contributed by atoms with Crippen LogP contribution in [0.25, 0.3) is 0 Å². The fourth-order valence-electron chi connectivity index (χ4n) is 8.41. The van der Waals surface area contributed by atoms with E-state index in [1.165, 1.54) is 11.1 Å². The zero-order chi connectivity index (χ0) is 36.5. The number of ether oxygens (including phenoxy) is 3. The molecule has 1 heterocycles. The van der Waals surface area contributed by atoms with E-state index < -0.39 is 5.79 Å². The second kappa shape index (κ2) is 18.0. The second-order valence-electron chi connectivity index (χ2n) is 14.3. The smallest absolute Gasteiger partial charge is 0.230 e. The maximum atomic E-state index is 9.86. The third-order valence-electron chi connectivity index (χ3n) is 11.0. The molecule has 1 aliphatic heterocycles. The van der Waals surface area contributed by atoms with E-state index in [1.54, 1.807) is 0 Å². The maximum absolute atomic E-state index is 9.86. The van der Waals surface area contributed by atoms with Gasteiger partial charge in [0.05, 0.1) is 23.5 Å². The van der Waals surface area contributed by atoms with Crippen LogP contribution in [0.15, 0.2) is 96.2 Å². The van der Waals surface area contributed by atoms with Crippen molar-refractivity contribution >= 4 is 17.5 Å². The SMILES string of the molecule is C=CCO[C@@]12Oc3ccc(Oc4ccc(C)c(C)c4)cc3[C@H]3[C@H](CCCCO)[C@@H](CCCCO)C=C(C(=NOCc4ccccc4)C[C@@H]1SCC)[C@H]32. The summed E-state index contributed by atoms with van der Waals surface area (Å²) in [6.07, 6.45) is 10.1. The Balaban J connectivity index is 1.50. The van der Waals surface area contributed by atoms with Crippen LogP contribution in [0.5, 0.6) is 17.2 Å². The Kier molecular flexibility index (Phi) is 13.2. The lowest BCUT2D eigenvalue weighted by Crippen LogP contribution is -2.64. The Hall–Kier alpha value is -3.56. The Morgan fingerprint density at radius 3 is 2.42 bits per heavy atom. The van der Waals surface area contributed by atoms with E-state index >= 15 is 0 Å². The van der Waals surface area contributed by atoms with E-state index in [2.05, 4.69) is 69.8 Å². The molecule has 0 bridgehead atoms. The second-order valence-corrected chi connectivity index (χ2v) is 15.8.